The van der Waals surface area contributed by atoms with Crippen molar-refractivity contribution in [2.75, 3.05) is 7.05 Å². The second kappa shape index (κ2) is 5.61. The number of hydrogen-bond donors (Lipinski definition) is 1. The molecule has 0 radical (unpaired) electrons. The molecule has 1 aliphatic rings. The van der Waals surface area contributed by atoms with Gasteiger partial charge >= 0.3 is 5.69 Å². The average Bonchev–Trinajstić information content (AvgIpc) is 3.06. The van der Waals surface area contributed by atoms with Gasteiger partial charge in [-0.2, -0.15) is 0 Å². The number of fused-ring (bicyclic) bond motifs is 1. The lowest BCUT2D eigenvalue weighted by atomic mass is 9.91. The first-order chi connectivity index (χ1) is 10.0. The Hall–Kier alpha value is -1.07. The molecule has 1 aromatic carbocycles. The van der Waals surface area contributed by atoms with Crippen LogP contribution in [0.25, 0.3) is 11.0 Å². The summed E-state index contributed by atoms with van der Waals surface area (Å²) >= 11 is 3.71. The third kappa shape index (κ3) is 2.36. The van der Waals surface area contributed by atoms with Gasteiger partial charge in [-0.15, -0.1) is 0 Å². The summed E-state index contributed by atoms with van der Waals surface area (Å²) in [6.45, 7) is 0. The standard InChI is InChI=1S/C16H22BrN3O/c1-18-15(10-6-4-5-7-10)11-8-13-14(9-12(11)17)20(3)16(21)19(13)2/h8-10,15,18H,4-7H2,1-3H3. The molecule has 4 nitrogen and oxygen atoms in total. The van der Waals surface area contributed by atoms with Crippen molar-refractivity contribution >= 4 is 27.0 Å². The summed E-state index contributed by atoms with van der Waals surface area (Å²) in [7, 11) is 5.69. The van der Waals surface area contributed by atoms with Gasteiger partial charge in [0.2, 0.25) is 0 Å². The topological polar surface area (TPSA) is 39.0 Å². The number of rotatable bonds is 3. The van der Waals surface area contributed by atoms with Crippen molar-refractivity contribution in [3.05, 3.63) is 32.7 Å². The molecule has 1 atom stereocenters. The van der Waals surface area contributed by atoms with Crippen molar-refractivity contribution in [1.29, 1.82) is 0 Å². The molecule has 0 amide bonds. The molecular weight excluding hydrogens is 330 g/mol. The minimum absolute atomic E-state index is 0.0240. The first-order valence-electron chi connectivity index (χ1n) is 7.56. The lowest BCUT2D eigenvalue weighted by Gasteiger charge is -2.24. The third-order valence-corrected chi connectivity index (χ3v) is 5.59. The van der Waals surface area contributed by atoms with E-state index in [1.54, 1.807) is 9.13 Å². The molecule has 21 heavy (non-hydrogen) atoms. The zero-order valence-corrected chi connectivity index (χ0v) is 14.4. The number of aryl methyl sites for hydroxylation is 2. The number of hydrogen-bond acceptors (Lipinski definition) is 2. The number of imidazole rings is 1. The Morgan fingerprint density at radius 3 is 2.33 bits per heavy atom. The first-order valence-corrected chi connectivity index (χ1v) is 8.36. The van der Waals surface area contributed by atoms with Gasteiger partial charge in [-0.05, 0) is 43.5 Å². The number of halogens is 1. The predicted octanol–water partition coefficient (Wildman–Crippen LogP) is 3.09. The van der Waals surface area contributed by atoms with E-state index < -0.39 is 0 Å². The molecule has 1 heterocycles. The second-order valence-corrected chi connectivity index (χ2v) is 6.93. The van der Waals surface area contributed by atoms with Crippen LogP contribution in [0.15, 0.2) is 21.4 Å². The van der Waals surface area contributed by atoms with E-state index in [-0.39, 0.29) is 5.69 Å². The summed E-state index contributed by atoms with van der Waals surface area (Å²) in [6.07, 6.45) is 5.21. The highest BCUT2D eigenvalue weighted by atomic mass is 79.9. The van der Waals surface area contributed by atoms with Crippen LogP contribution in [0.1, 0.15) is 37.3 Å². The highest BCUT2D eigenvalue weighted by Crippen LogP contribution is 2.39. The van der Waals surface area contributed by atoms with Gasteiger partial charge < -0.3 is 5.32 Å². The zero-order chi connectivity index (χ0) is 15.1. The summed E-state index contributed by atoms with van der Waals surface area (Å²) in [5, 5.41) is 3.48. The Balaban J connectivity index is 2.15. The van der Waals surface area contributed by atoms with E-state index in [2.05, 4.69) is 33.4 Å². The normalized spacial score (nSPS) is 17.7. The van der Waals surface area contributed by atoms with Crippen LogP contribution in [-0.4, -0.2) is 16.2 Å². The fraction of sp³-hybridized carbons (Fsp3) is 0.562. The van der Waals surface area contributed by atoms with E-state index in [1.807, 2.05) is 21.1 Å². The molecule has 1 unspecified atom stereocenters. The Kier molecular flexibility index (Phi) is 3.97. The van der Waals surface area contributed by atoms with E-state index in [4.69, 9.17) is 0 Å². The third-order valence-electron chi connectivity index (χ3n) is 4.91. The van der Waals surface area contributed by atoms with Crippen molar-refractivity contribution in [2.24, 2.45) is 20.0 Å². The van der Waals surface area contributed by atoms with E-state index in [0.29, 0.717) is 12.0 Å². The summed E-state index contributed by atoms with van der Waals surface area (Å²) in [4.78, 5) is 12.1. The Bertz CT molecular complexity index is 725. The first kappa shape index (κ1) is 14.9. The van der Waals surface area contributed by atoms with Crippen molar-refractivity contribution in [1.82, 2.24) is 14.5 Å². The highest BCUT2D eigenvalue weighted by Gasteiger charge is 2.27. The minimum atomic E-state index is 0.0240. The molecule has 0 bridgehead atoms. The van der Waals surface area contributed by atoms with Crippen molar-refractivity contribution in [2.45, 2.75) is 31.7 Å². The van der Waals surface area contributed by atoms with Gasteiger partial charge in [-0.25, -0.2) is 4.79 Å². The zero-order valence-electron chi connectivity index (χ0n) is 12.8. The number of benzene rings is 1. The monoisotopic (exact) mass is 351 g/mol. The summed E-state index contributed by atoms with van der Waals surface area (Å²) in [6, 6.07) is 4.59. The molecule has 5 heteroatoms. The summed E-state index contributed by atoms with van der Waals surface area (Å²) in [5.41, 5.74) is 3.26. The van der Waals surface area contributed by atoms with Gasteiger partial charge in [0.25, 0.3) is 0 Å². The quantitative estimate of drug-likeness (QED) is 0.922. The van der Waals surface area contributed by atoms with Crippen molar-refractivity contribution in [3.8, 4) is 0 Å². The van der Waals surface area contributed by atoms with E-state index in [0.717, 1.165) is 15.5 Å². The van der Waals surface area contributed by atoms with Crippen LogP contribution >= 0.6 is 15.9 Å². The molecule has 2 aromatic rings. The maximum absolute atomic E-state index is 12.1. The molecule has 1 N–H and O–H groups in total. The van der Waals surface area contributed by atoms with Gasteiger partial charge in [0, 0.05) is 24.6 Å². The highest BCUT2D eigenvalue weighted by molar-refractivity contribution is 9.10. The van der Waals surface area contributed by atoms with Gasteiger partial charge in [0.15, 0.2) is 0 Å². The molecule has 1 aromatic heterocycles. The van der Waals surface area contributed by atoms with Crippen LogP contribution in [0.5, 0.6) is 0 Å². The molecular formula is C16H22BrN3O. The molecule has 1 saturated carbocycles. The van der Waals surface area contributed by atoms with Crippen LogP contribution < -0.4 is 11.0 Å². The van der Waals surface area contributed by atoms with Crippen LogP contribution in [-0.2, 0) is 14.1 Å². The number of aromatic nitrogens is 2. The van der Waals surface area contributed by atoms with E-state index in [9.17, 15) is 4.79 Å². The van der Waals surface area contributed by atoms with Crippen molar-refractivity contribution < 1.29 is 0 Å². The van der Waals surface area contributed by atoms with Crippen LogP contribution in [0.3, 0.4) is 0 Å². The predicted molar refractivity (Wildman–Crippen MR) is 89.6 cm³/mol. The largest absolute Gasteiger partial charge is 0.328 e. The molecule has 3 rings (SSSR count). The summed E-state index contributed by atoms with van der Waals surface area (Å²) < 4.78 is 4.52. The Morgan fingerprint density at radius 1 is 1.19 bits per heavy atom. The smallest absolute Gasteiger partial charge is 0.313 e. The van der Waals surface area contributed by atoms with Gasteiger partial charge in [-0.3, -0.25) is 9.13 Å². The molecule has 0 saturated heterocycles. The van der Waals surface area contributed by atoms with Crippen LogP contribution in [0.2, 0.25) is 0 Å². The lowest BCUT2D eigenvalue weighted by Crippen LogP contribution is -2.24. The van der Waals surface area contributed by atoms with Crippen LogP contribution in [0, 0.1) is 5.92 Å². The molecule has 0 aliphatic heterocycles. The SMILES string of the molecule is CNC(c1cc2c(cc1Br)n(C)c(=O)n2C)C1CCCC1. The lowest BCUT2D eigenvalue weighted by molar-refractivity contribution is 0.389. The molecule has 1 fully saturated rings. The second-order valence-electron chi connectivity index (χ2n) is 6.07. The number of nitrogens with zero attached hydrogens (tertiary/aromatic N) is 2. The Labute approximate surface area is 133 Å². The maximum Gasteiger partial charge on any atom is 0.328 e. The molecule has 1 aliphatic carbocycles. The average molecular weight is 352 g/mol. The van der Waals surface area contributed by atoms with Gasteiger partial charge in [-0.1, -0.05) is 28.8 Å². The van der Waals surface area contributed by atoms with Gasteiger partial charge in [0.05, 0.1) is 11.0 Å². The Morgan fingerprint density at radius 2 is 1.76 bits per heavy atom. The van der Waals surface area contributed by atoms with Crippen LogP contribution in [0.4, 0.5) is 0 Å². The molecule has 114 valence electrons. The minimum Gasteiger partial charge on any atom is -0.313 e. The van der Waals surface area contributed by atoms with E-state index in [1.165, 1.54) is 31.2 Å². The number of nitrogens with one attached hydrogen (secondary N) is 1. The fourth-order valence-corrected chi connectivity index (χ4v) is 4.29. The maximum atomic E-state index is 12.1. The van der Waals surface area contributed by atoms with E-state index >= 15 is 0 Å². The van der Waals surface area contributed by atoms with Gasteiger partial charge in [0.1, 0.15) is 0 Å². The summed E-state index contributed by atoms with van der Waals surface area (Å²) in [5.74, 6) is 0.685. The van der Waals surface area contributed by atoms with Crippen molar-refractivity contribution in [3.63, 3.8) is 0 Å². The molecule has 0 spiro atoms. The fourth-order valence-electron chi connectivity index (χ4n) is 3.71.